The number of nitrogens with one attached hydrogen (secondary N) is 2. The van der Waals surface area contributed by atoms with Gasteiger partial charge in [-0.25, -0.2) is 4.79 Å². The molecule has 2 amide bonds. The van der Waals surface area contributed by atoms with E-state index in [4.69, 9.17) is 0 Å². The van der Waals surface area contributed by atoms with E-state index in [1.807, 2.05) is 16.8 Å². The zero-order valence-corrected chi connectivity index (χ0v) is 11.0. The van der Waals surface area contributed by atoms with Crippen molar-refractivity contribution in [1.29, 1.82) is 0 Å². The Labute approximate surface area is 110 Å². The Balaban J connectivity index is 1.60. The highest BCUT2D eigenvalue weighted by Crippen LogP contribution is 2.48. The summed E-state index contributed by atoms with van der Waals surface area (Å²) in [5.74, 6) is 1.41. The van der Waals surface area contributed by atoms with Crippen molar-refractivity contribution in [2.45, 2.75) is 25.3 Å². The molecule has 1 heterocycles. The standard InChI is InChI=1S/C13H18N2O2S/c16-6-11-8-1-2-9(5-8)12(11)15-13(17)14-10-3-4-18-7-10/h3-4,7-9,11-12,16H,1-2,5-6H2,(H2,14,15,17). The molecule has 5 heteroatoms. The molecule has 2 aliphatic carbocycles. The van der Waals surface area contributed by atoms with Gasteiger partial charge in [0, 0.05) is 23.9 Å². The lowest BCUT2D eigenvalue weighted by molar-refractivity contribution is 0.146. The van der Waals surface area contributed by atoms with Crippen LogP contribution in [0.3, 0.4) is 0 Å². The maximum absolute atomic E-state index is 11.9. The monoisotopic (exact) mass is 266 g/mol. The maximum Gasteiger partial charge on any atom is 0.319 e. The normalized spacial score (nSPS) is 33.6. The van der Waals surface area contributed by atoms with Crippen molar-refractivity contribution >= 4 is 23.1 Å². The second-order valence-corrected chi connectivity index (χ2v) is 6.10. The third-order valence-corrected chi connectivity index (χ3v) is 5.06. The molecule has 2 fully saturated rings. The van der Waals surface area contributed by atoms with Crippen molar-refractivity contribution < 1.29 is 9.90 Å². The molecular weight excluding hydrogens is 248 g/mol. The first-order valence-electron chi connectivity index (χ1n) is 6.48. The van der Waals surface area contributed by atoms with Crippen LogP contribution in [-0.2, 0) is 0 Å². The second-order valence-electron chi connectivity index (χ2n) is 5.32. The van der Waals surface area contributed by atoms with Crippen LogP contribution in [-0.4, -0.2) is 23.8 Å². The van der Waals surface area contributed by atoms with Gasteiger partial charge in [-0.2, -0.15) is 11.3 Å². The molecule has 4 atom stereocenters. The van der Waals surface area contributed by atoms with Crippen LogP contribution in [0, 0.1) is 17.8 Å². The van der Waals surface area contributed by atoms with E-state index in [0.29, 0.717) is 11.8 Å². The summed E-state index contributed by atoms with van der Waals surface area (Å²) in [6, 6.07) is 1.88. The molecule has 1 aromatic rings. The summed E-state index contributed by atoms with van der Waals surface area (Å²) in [6.45, 7) is 0.185. The van der Waals surface area contributed by atoms with E-state index in [0.717, 1.165) is 12.1 Å². The van der Waals surface area contributed by atoms with E-state index in [1.165, 1.54) is 12.8 Å². The Kier molecular flexibility index (Phi) is 3.26. The highest BCUT2D eigenvalue weighted by atomic mass is 32.1. The molecule has 0 radical (unpaired) electrons. The first kappa shape index (κ1) is 12.0. The van der Waals surface area contributed by atoms with E-state index >= 15 is 0 Å². The molecule has 2 bridgehead atoms. The third-order valence-electron chi connectivity index (χ3n) is 4.38. The van der Waals surface area contributed by atoms with Crippen LogP contribution in [0.5, 0.6) is 0 Å². The first-order valence-corrected chi connectivity index (χ1v) is 7.43. The summed E-state index contributed by atoms with van der Waals surface area (Å²) in [5.41, 5.74) is 0.834. The highest BCUT2D eigenvalue weighted by molar-refractivity contribution is 7.08. The molecule has 0 aromatic carbocycles. The van der Waals surface area contributed by atoms with Gasteiger partial charge in [0.2, 0.25) is 0 Å². The van der Waals surface area contributed by atoms with Crippen molar-refractivity contribution in [3.63, 3.8) is 0 Å². The number of urea groups is 1. The number of hydrogen-bond donors (Lipinski definition) is 3. The van der Waals surface area contributed by atoms with Crippen molar-refractivity contribution in [2.75, 3.05) is 11.9 Å². The Morgan fingerprint density at radius 2 is 2.28 bits per heavy atom. The second kappa shape index (κ2) is 4.90. The molecule has 4 unspecified atom stereocenters. The summed E-state index contributed by atoms with van der Waals surface area (Å²) < 4.78 is 0. The molecule has 0 saturated heterocycles. The molecule has 98 valence electrons. The number of rotatable bonds is 3. The van der Waals surface area contributed by atoms with Crippen molar-refractivity contribution in [2.24, 2.45) is 17.8 Å². The topological polar surface area (TPSA) is 61.4 Å². The van der Waals surface area contributed by atoms with Gasteiger partial charge >= 0.3 is 6.03 Å². The van der Waals surface area contributed by atoms with Crippen LogP contribution in [0.25, 0.3) is 0 Å². The summed E-state index contributed by atoms with van der Waals surface area (Å²) in [4.78, 5) is 11.9. The SMILES string of the molecule is O=C(Nc1ccsc1)NC1C2CCC(C2)C1CO. The average Bonchev–Trinajstić information content (AvgIpc) is 3.04. The number of hydrogen-bond acceptors (Lipinski definition) is 3. The number of carbonyl (C=O) groups is 1. The minimum absolute atomic E-state index is 0.146. The largest absolute Gasteiger partial charge is 0.396 e. The van der Waals surface area contributed by atoms with Crippen molar-refractivity contribution in [1.82, 2.24) is 5.32 Å². The van der Waals surface area contributed by atoms with Crippen LogP contribution in [0.1, 0.15) is 19.3 Å². The molecule has 4 nitrogen and oxygen atoms in total. The fourth-order valence-corrected chi connectivity index (χ4v) is 4.14. The Bertz CT molecular complexity index is 421. The molecule has 1 aromatic heterocycles. The predicted octanol–water partition coefficient (Wildman–Crippen LogP) is 2.28. The van der Waals surface area contributed by atoms with Crippen LogP contribution < -0.4 is 10.6 Å². The van der Waals surface area contributed by atoms with Crippen LogP contribution in [0.15, 0.2) is 16.8 Å². The lowest BCUT2D eigenvalue weighted by Crippen LogP contribution is -2.46. The van der Waals surface area contributed by atoms with Crippen LogP contribution in [0.2, 0.25) is 0 Å². The van der Waals surface area contributed by atoms with Gasteiger partial charge in [-0.3, -0.25) is 0 Å². The number of carbonyl (C=O) groups excluding carboxylic acids is 1. The number of fused-ring (bicyclic) bond motifs is 2. The molecular formula is C13H18N2O2S. The zero-order chi connectivity index (χ0) is 12.5. The van der Waals surface area contributed by atoms with Crippen LogP contribution in [0.4, 0.5) is 10.5 Å². The number of aliphatic hydroxyl groups is 1. The fourth-order valence-electron chi connectivity index (χ4n) is 3.55. The maximum atomic E-state index is 11.9. The fraction of sp³-hybridized carbons (Fsp3) is 0.615. The number of thiophene rings is 1. The summed E-state index contributed by atoms with van der Waals surface area (Å²) in [6.07, 6.45) is 3.55. The minimum Gasteiger partial charge on any atom is -0.396 e. The molecule has 2 aliphatic rings. The first-order chi connectivity index (χ1) is 8.78. The van der Waals surface area contributed by atoms with Gasteiger partial charge in [-0.1, -0.05) is 0 Å². The molecule has 0 aliphatic heterocycles. The third kappa shape index (κ3) is 2.12. The van der Waals surface area contributed by atoms with Crippen LogP contribution >= 0.6 is 11.3 Å². The zero-order valence-electron chi connectivity index (χ0n) is 10.1. The van der Waals surface area contributed by atoms with Gasteiger partial charge in [0.25, 0.3) is 0 Å². The van der Waals surface area contributed by atoms with Crippen molar-refractivity contribution in [3.8, 4) is 0 Å². The van der Waals surface area contributed by atoms with Gasteiger partial charge in [0.05, 0.1) is 5.69 Å². The minimum atomic E-state index is -0.149. The van der Waals surface area contributed by atoms with Gasteiger partial charge in [0.1, 0.15) is 0 Å². The number of anilines is 1. The summed E-state index contributed by atoms with van der Waals surface area (Å²) in [7, 11) is 0. The molecule has 0 spiro atoms. The van der Waals surface area contributed by atoms with E-state index in [9.17, 15) is 9.90 Å². The predicted molar refractivity (Wildman–Crippen MR) is 71.7 cm³/mol. The molecule has 18 heavy (non-hydrogen) atoms. The van der Waals surface area contributed by atoms with Gasteiger partial charge < -0.3 is 15.7 Å². The summed E-state index contributed by atoms with van der Waals surface area (Å²) >= 11 is 1.56. The van der Waals surface area contributed by atoms with Gasteiger partial charge in [0.15, 0.2) is 0 Å². The molecule has 3 rings (SSSR count). The smallest absolute Gasteiger partial charge is 0.319 e. The quantitative estimate of drug-likeness (QED) is 0.786. The lowest BCUT2D eigenvalue weighted by atomic mass is 9.85. The Morgan fingerprint density at radius 1 is 1.44 bits per heavy atom. The molecule has 3 N–H and O–H groups in total. The lowest BCUT2D eigenvalue weighted by Gasteiger charge is -2.30. The summed E-state index contributed by atoms with van der Waals surface area (Å²) in [5, 5.41) is 19.2. The van der Waals surface area contributed by atoms with E-state index < -0.39 is 0 Å². The van der Waals surface area contributed by atoms with Gasteiger partial charge in [-0.05, 0) is 42.5 Å². The van der Waals surface area contributed by atoms with E-state index in [1.54, 1.807) is 11.3 Å². The van der Waals surface area contributed by atoms with Crippen molar-refractivity contribution in [3.05, 3.63) is 16.8 Å². The number of aliphatic hydroxyl groups excluding tert-OH is 1. The van der Waals surface area contributed by atoms with E-state index in [2.05, 4.69) is 10.6 Å². The molecule has 2 saturated carbocycles. The van der Waals surface area contributed by atoms with Gasteiger partial charge in [-0.15, -0.1) is 0 Å². The Morgan fingerprint density at radius 3 is 3.00 bits per heavy atom. The highest BCUT2D eigenvalue weighted by Gasteiger charge is 2.47. The van der Waals surface area contributed by atoms with E-state index in [-0.39, 0.29) is 24.6 Å². The number of amides is 2. The Hall–Kier alpha value is -1.07. The average molecular weight is 266 g/mol.